The Morgan fingerprint density at radius 1 is 1.17 bits per heavy atom. The lowest BCUT2D eigenvalue weighted by Crippen LogP contribution is -2.30. The van der Waals surface area contributed by atoms with Gasteiger partial charge in [-0.25, -0.2) is 9.78 Å². The van der Waals surface area contributed by atoms with E-state index in [1.807, 2.05) is 13.0 Å². The van der Waals surface area contributed by atoms with Crippen molar-refractivity contribution in [2.24, 2.45) is 7.05 Å². The van der Waals surface area contributed by atoms with Gasteiger partial charge >= 0.3 is 5.69 Å². The monoisotopic (exact) mass is 408 g/mol. The molecular weight excluding hydrogens is 384 g/mol. The Bertz CT molecular complexity index is 1190. The summed E-state index contributed by atoms with van der Waals surface area (Å²) in [5.74, 6) is 0.440. The molecule has 0 aliphatic carbocycles. The quantitative estimate of drug-likeness (QED) is 0.709. The molecule has 0 bridgehead atoms. The van der Waals surface area contributed by atoms with Crippen LogP contribution in [-0.2, 0) is 16.5 Å². The van der Waals surface area contributed by atoms with E-state index in [4.69, 9.17) is 9.47 Å². The third kappa shape index (κ3) is 3.24. The van der Waals surface area contributed by atoms with Crippen LogP contribution in [0.5, 0.6) is 0 Å². The maximum atomic E-state index is 12.8. The van der Waals surface area contributed by atoms with E-state index < -0.39 is 0 Å². The molecule has 0 spiro atoms. The van der Waals surface area contributed by atoms with Crippen molar-refractivity contribution in [1.82, 2.24) is 24.1 Å². The summed E-state index contributed by atoms with van der Waals surface area (Å²) in [5, 5.41) is 3.26. The summed E-state index contributed by atoms with van der Waals surface area (Å²) < 4.78 is 14.2. The van der Waals surface area contributed by atoms with E-state index in [0.717, 1.165) is 47.3 Å². The molecule has 1 saturated heterocycles. The van der Waals surface area contributed by atoms with Crippen LogP contribution in [0.1, 0.15) is 36.6 Å². The van der Waals surface area contributed by atoms with Crippen molar-refractivity contribution in [1.29, 1.82) is 0 Å². The van der Waals surface area contributed by atoms with Gasteiger partial charge in [0.1, 0.15) is 5.52 Å². The molecule has 0 saturated carbocycles. The van der Waals surface area contributed by atoms with Crippen LogP contribution in [-0.4, -0.2) is 43.9 Å². The molecule has 0 amide bonds. The van der Waals surface area contributed by atoms with Gasteiger partial charge in [-0.15, -0.1) is 0 Å². The average molecular weight is 408 g/mol. The lowest BCUT2D eigenvalue weighted by atomic mass is 10.1. The molecule has 5 heterocycles. The van der Waals surface area contributed by atoms with Gasteiger partial charge in [-0.3, -0.25) is 14.1 Å². The minimum atomic E-state index is -0.0717. The number of pyridine rings is 1. The van der Waals surface area contributed by atoms with Gasteiger partial charge in [0.15, 0.2) is 5.65 Å². The Balaban J connectivity index is 1.48. The molecule has 3 aromatic heterocycles. The summed E-state index contributed by atoms with van der Waals surface area (Å²) in [6, 6.07) is 2.12. The molecule has 2 aliphatic rings. The number of aromatic nitrogens is 5. The van der Waals surface area contributed by atoms with E-state index >= 15 is 0 Å². The largest absolute Gasteiger partial charge is 0.500 e. The van der Waals surface area contributed by atoms with E-state index in [1.54, 1.807) is 34.8 Å². The molecule has 0 radical (unpaired) electrons. The molecule has 156 valence electrons. The van der Waals surface area contributed by atoms with E-state index in [1.165, 1.54) is 0 Å². The van der Waals surface area contributed by atoms with Crippen LogP contribution in [0.15, 0.2) is 29.5 Å². The molecule has 9 nitrogen and oxygen atoms in total. The predicted octanol–water partition coefficient (Wildman–Crippen LogP) is 2.69. The topological polar surface area (TPSA) is 96.1 Å². The lowest BCUT2D eigenvalue weighted by Gasteiger charge is -2.22. The van der Waals surface area contributed by atoms with Crippen LogP contribution in [0.2, 0.25) is 0 Å². The number of nitrogens with one attached hydrogen (secondary N) is 1. The Morgan fingerprint density at radius 3 is 2.73 bits per heavy atom. The first-order valence-electron chi connectivity index (χ1n) is 10.2. The Morgan fingerprint density at radius 2 is 2.00 bits per heavy atom. The van der Waals surface area contributed by atoms with E-state index in [2.05, 4.69) is 20.3 Å². The number of nitrogens with zero attached hydrogens (tertiary/aromatic N) is 5. The molecular formula is C21H24N6O3. The first-order chi connectivity index (χ1) is 14.6. The maximum absolute atomic E-state index is 12.8. The molecule has 3 aromatic rings. The number of anilines is 2. The van der Waals surface area contributed by atoms with Crippen molar-refractivity contribution in [2.45, 2.75) is 32.2 Å². The fourth-order valence-corrected chi connectivity index (χ4v) is 4.03. The summed E-state index contributed by atoms with van der Waals surface area (Å²) in [7, 11) is 1.76. The Hall–Kier alpha value is -3.20. The first kappa shape index (κ1) is 18.8. The summed E-state index contributed by atoms with van der Waals surface area (Å²) in [4.78, 5) is 26.5. The zero-order valence-electron chi connectivity index (χ0n) is 17.1. The van der Waals surface area contributed by atoms with Crippen LogP contribution < -0.4 is 11.0 Å². The summed E-state index contributed by atoms with van der Waals surface area (Å²) in [6.07, 6.45) is 7.73. The summed E-state index contributed by atoms with van der Waals surface area (Å²) >= 11 is 0. The van der Waals surface area contributed by atoms with Crippen LogP contribution in [0.25, 0.3) is 16.7 Å². The number of hydrogen-bond acceptors (Lipinski definition) is 7. The third-order valence-electron chi connectivity index (χ3n) is 5.79. The van der Waals surface area contributed by atoms with Crippen molar-refractivity contribution in [2.75, 3.05) is 25.1 Å². The molecule has 9 heteroatoms. The van der Waals surface area contributed by atoms with Crippen molar-refractivity contribution in [3.8, 4) is 0 Å². The number of hydrogen-bond donors (Lipinski definition) is 1. The van der Waals surface area contributed by atoms with Crippen LogP contribution in [0.3, 0.4) is 0 Å². The SMILES string of the molecule is Cc1cc(C2=COCC2)ncc1Nc1ncc2c(n1)n(C1CCOCC1)c(=O)n2C. The van der Waals surface area contributed by atoms with Crippen molar-refractivity contribution in [3.05, 3.63) is 46.5 Å². The molecule has 1 fully saturated rings. The van der Waals surface area contributed by atoms with Gasteiger partial charge in [0.2, 0.25) is 5.95 Å². The first-order valence-corrected chi connectivity index (χ1v) is 10.2. The lowest BCUT2D eigenvalue weighted by molar-refractivity contribution is 0.0695. The van der Waals surface area contributed by atoms with Gasteiger partial charge in [-0.2, -0.15) is 4.98 Å². The van der Waals surface area contributed by atoms with Crippen molar-refractivity contribution >= 4 is 28.4 Å². The van der Waals surface area contributed by atoms with E-state index in [-0.39, 0.29) is 11.7 Å². The number of aryl methyl sites for hydroxylation is 2. The number of rotatable bonds is 4. The molecule has 2 aliphatic heterocycles. The van der Waals surface area contributed by atoms with Gasteiger partial charge in [0.05, 0.1) is 36.6 Å². The van der Waals surface area contributed by atoms with Crippen LogP contribution in [0, 0.1) is 6.92 Å². The van der Waals surface area contributed by atoms with E-state index in [0.29, 0.717) is 31.4 Å². The van der Waals surface area contributed by atoms with Crippen molar-refractivity contribution in [3.63, 3.8) is 0 Å². The fourth-order valence-electron chi connectivity index (χ4n) is 4.03. The molecule has 1 N–H and O–H groups in total. The molecule has 0 aromatic carbocycles. The van der Waals surface area contributed by atoms with Gasteiger partial charge in [-0.1, -0.05) is 0 Å². The van der Waals surface area contributed by atoms with Gasteiger partial charge < -0.3 is 14.8 Å². The zero-order chi connectivity index (χ0) is 20.7. The molecule has 0 unspecified atom stereocenters. The van der Waals surface area contributed by atoms with Crippen molar-refractivity contribution < 1.29 is 9.47 Å². The molecule has 5 rings (SSSR count). The number of imidazole rings is 1. The van der Waals surface area contributed by atoms with Gasteiger partial charge in [-0.05, 0) is 31.4 Å². The normalized spacial score (nSPS) is 17.2. The Kier molecular flexibility index (Phi) is 4.74. The summed E-state index contributed by atoms with van der Waals surface area (Å²) in [6.45, 7) is 4.03. The third-order valence-corrected chi connectivity index (χ3v) is 5.79. The highest BCUT2D eigenvalue weighted by molar-refractivity contribution is 5.73. The molecule has 0 atom stereocenters. The number of ether oxygens (including phenoxy) is 2. The Labute approximate surface area is 173 Å². The average Bonchev–Trinajstić information content (AvgIpc) is 3.38. The second-order valence-electron chi connectivity index (χ2n) is 7.73. The standard InChI is InChI=1S/C21H24N6O3/c1-13-9-16(14-3-6-30-12-14)22-10-17(13)24-20-23-11-18-19(25-20)27(21(28)26(18)2)15-4-7-29-8-5-15/h9-12,15H,3-8H2,1-2H3,(H,23,24,25). The minimum absolute atomic E-state index is 0.0717. The van der Waals surface area contributed by atoms with Gasteiger partial charge in [0, 0.05) is 38.3 Å². The second kappa shape index (κ2) is 7.56. The van der Waals surface area contributed by atoms with E-state index in [9.17, 15) is 4.79 Å². The second-order valence-corrected chi connectivity index (χ2v) is 7.73. The fraction of sp³-hybridized carbons (Fsp3) is 0.429. The maximum Gasteiger partial charge on any atom is 0.330 e. The predicted molar refractivity (Wildman–Crippen MR) is 113 cm³/mol. The smallest absolute Gasteiger partial charge is 0.330 e. The van der Waals surface area contributed by atoms with Crippen LogP contribution in [0.4, 0.5) is 11.6 Å². The van der Waals surface area contributed by atoms with Crippen LogP contribution >= 0.6 is 0 Å². The highest BCUT2D eigenvalue weighted by atomic mass is 16.5. The highest BCUT2D eigenvalue weighted by Gasteiger charge is 2.23. The minimum Gasteiger partial charge on any atom is -0.500 e. The molecule has 30 heavy (non-hydrogen) atoms. The zero-order valence-corrected chi connectivity index (χ0v) is 17.1. The highest BCUT2D eigenvalue weighted by Crippen LogP contribution is 2.27. The summed E-state index contributed by atoms with van der Waals surface area (Å²) in [5.41, 5.74) is 5.17. The van der Waals surface area contributed by atoms with Gasteiger partial charge in [0.25, 0.3) is 0 Å². The number of fused-ring (bicyclic) bond motifs is 1.